The van der Waals surface area contributed by atoms with Crippen LogP contribution in [0.15, 0.2) is 12.2 Å². The summed E-state index contributed by atoms with van der Waals surface area (Å²) in [6.45, 7) is 2.28. The molecule has 0 aromatic heterocycles. The molecule has 0 aromatic carbocycles. The molecular formula is C21H38O. The second-order valence-electron chi connectivity index (χ2n) is 7.81. The van der Waals surface area contributed by atoms with Gasteiger partial charge in [0.25, 0.3) is 0 Å². The van der Waals surface area contributed by atoms with E-state index < -0.39 is 0 Å². The first-order valence-corrected chi connectivity index (χ1v) is 10.0. The van der Waals surface area contributed by atoms with Gasteiger partial charge in [0, 0.05) is 7.11 Å². The molecule has 0 aromatic rings. The number of hydrogen-bond acceptors (Lipinski definition) is 1. The Labute approximate surface area is 138 Å². The van der Waals surface area contributed by atoms with Gasteiger partial charge in [0.05, 0.1) is 6.10 Å². The second-order valence-corrected chi connectivity index (χ2v) is 7.81. The van der Waals surface area contributed by atoms with Crippen molar-refractivity contribution in [1.82, 2.24) is 0 Å². The first-order chi connectivity index (χ1) is 10.8. The van der Waals surface area contributed by atoms with E-state index in [0.29, 0.717) is 6.10 Å². The van der Waals surface area contributed by atoms with Gasteiger partial charge in [-0.05, 0) is 75.5 Å². The van der Waals surface area contributed by atoms with Crippen molar-refractivity contribution in [3.05, 3.63) is 12.2 Å². The van der Waals surface area contributed by atoms with E-state index in [1.54, 1.807) is 0 Å². The van der Waals surface area contributed by atoms with Crippen LogP contribution in [0.2, 0.25) is 0 Å². The molecule has 2 saturated carbocycles. The lowest BCUT2D eigenvalue weighted by atomic mass is 9.77. The summed E-state index contributed by atoms with van der Waals surface area (Å²) in [5.74, 6) is 2.92. The molecule has 1 heteroatoms. The quantitative estimate of drug-likeness (QED) is 0.366. The van der Waals surface area contributed by atoms with E-state index in [-0.39, 0.29) is 0 Å². The second kappa shape index (κ2) is 10.5. The molecule has 1 nitrogen and oxygen atoms in total. The molecule has 2 fully saturated rings. The fourth-order valence-electron chi connectivity index (χ4n) is 4.41. The maximum absolute atomic E-state index is 5.49. The highest BCUT2D eigenvalue weighted by Gasteiger charge is 2.23. The standard InChI is InChI=1S/C21H38O/c1-3-4-5-6-7-18-8-10-19(11-9-18)12-13-20-14-16-21(22-2)17-15-20/h6-7,18-21H,3-5,8-17H2,1-2H3/b7-6+. The summed E-state index contributed by atoms with van der Waals surface area (Å²) in [5.41, 5.74) is 0. The van der Waals surface area contributed by atoms with Crippen LogP contribution in [0, 0.1) is 17.8 Å². The molecule has 0 aliphatic heterocycles. The molecule has 2 aliphatic carbocycles. The zero-order valence-corrected chi connectivity index (χ0v) is 15.1. The summed E-state index contributed by atoms with van der Waals surface area (Å²) in [7, 11) is 1.88. The van der Waals surface area contributed by atoms with Gasteiger partial charge < -0.3 is 4.74 Å². The van der Waals surface area contributed by atoms with Gasteiger partial charge in [-0.2, -0.15) is 0 Å². The van der Waals surface area contributed by atoms with Crippen LogP contribution in [0.3, 0.4) is 0 Å². The van der Waals surface area contributed by atoms with E-state index in [2.05, 4.69) is 19.1 Å². The van der Waals surface area contributed by atoms with Crippen LogP contribution in [-0.2, 0) is 4.74 Å². The number of hydrogen-bond donors (Lipinski definition) is 0. The van der Waals surface area contributed by atoms with Crippen LogP contribution in [0.25, 0.3) is 0 Å². The fraction of sp³-hybridized carbons (Fsp3) is 0.905. The van der Waals surface area contributed by atoms with Gasteiger partial charge in [0.2, 0.25) is 0 Å². The van der Waals surface area contributed by atoms with Crippen LogP contribution >= 0.6 is 0 Å². The summed E-state index contributed by atoms with van der Waals surface area (Å²) in [6, 6.07) is 0. The molecule has 0 bridgehead atoms. The van der Waals surface area contributed by atoms with Crippen molar-refractivity contribution in [1.29, 1.82) is 0 Å². The predicted octanol–water partition coefficient (Wildman–Crippen LogP) is 6.52. The van der Waals surface area contributed by atoms with Gasteiger partial charge in [-0.25, -0.2) is 0 Å². The van der Waals surface area contributed by atoms with Gasteiger partial charge in [0.1, 0.15) is 0 Å². The van der Waals surface area contributed by atoms with Crippen LogP contribution in [0.1, 0.15) is 90.4 Å². The van der Waals surface area contributed by atoms with E-state index in [1.807, 2.05) is 7.11 Å². The molecule has 22 heavy (non-hydrogen) atoms. The SMILES string of the molecule is CCCC/C=C/C1CCC(CCC2CCC(OC)CC2)CC1. The molecule has 0 atom stereocenters. The summed E-state index contributed by atoms with van der Waals surface area (Å²) >= 11 is 0. The maximum atomic E-state index is 5.49. The third-order valence-corrected chi connectivity index (χ3v) is 6.13. The Hall–Kier alpha value is -0.300. The van der Waals surface area contributed by atoms with Crippen molar-refractivity contribution >= 4 is 0 Å². The minimum Gasteiger partial charge on any atom is -0.381 e. The molecule has 0 unspecified atom stereocenters. The maximum Gasteiger partial charge on any atom is 0.0571 e. The summed E-state index contributed by atoms with van der Waals surface area (Å²) < 4.78 is 5.49. The number of methoxy groups -OCH3 is 1. The summed E-state index contributed by atoms with van der Waals surface area (Å²) in [4.78, 5) is 0. The normalized spacial score (nSPS) is 33.4. The number of allylic oxidation sites excluding steroid dienone is 2. The van der Waals surface area contributed by atoms with E-state index in [1.165, 1.54) is 83.5 Å². The Bertz CT molecular complexity index is 293. The van der Waals surface area contributed by atoms with Gasteiger partial charge >= 0.3 is 0 Å². The molecule has 0 heterocycles. The Morgan fingerprint density at radius 1 is 0.864 bits per heavy atom. The van der Waals surface area contributed by atoms with E-state index in [4.69, 9.17) is 4.74 Å². The van der Waals surface area contributed by atoms with Crippen molar-refractivity contribution in [2.45, 2.75) is 96.5 Å². The van der Waals surface area contributed by atoms with Gasteiger partial charge in [-0.1, -0.05) is 44.8 Å². The van der Waals surface area contributed by atoms with Gasteiger partial charge in [-0.15, -0.1) is 0 Å². The third kappa shape index (κ3) is 6.44. The van der Waals surface area contributed by atoms with Crippen LogP contribution in [0.5, 0.6) is 0 Å². The molecule has 2 aliphatic rings. The molecule has 128 valence electrons. The molecule has 0 spiro atoms. The van der Waals surface area contributed by atoms with Gasteiger partial charge in [0.15, 0.2) is 0 Å². The molecule has 0 N–H and O–H groups in total. The Balaban J connectivity index is 1.55. The van der Waals surface area contributed by atoms with Crippen molar-refractivity contribution in [2.75, 3.05) is 7.11 Å². The lowest BCUT2D eigenvalue weighted by molar-refractivity contribution is 0.0541. The van der Waals surface area contributed by atoms with E-state index in [9.17, 15) is 0 Å². The lowest BCUT2D eigenvalue weighted by Gasteiger charge is -2.31. The van der Waals surface area contributed by atoms with Crippen LogP contribution in [-0.4, -0.2) is 13.2 Å². The first kappa shape index (κ1) is 18.0. The number of unbranched alkanes of at least 4 members (excludes halogenated alkanes) is 2. The average molecular weight is 307 g/mol. The molecule has 0 radical (unpaired) electrons. The highest BCUT2D eigenvalue weighted by Crippen LogP contribution is 2.36. The molecule has 0 saturated heterocycles. The summed E-state index contributed by atoms with van der Waals surface area (Å²) in [6.07, 6.45) is 23.8. The minimum absolute atomic E-state index is 0.561. The highest BCUT2D eigenvalue weighted by atomic mass is 16.5. The smallest absolute Gasteiger partial charge is 0.0571 e. The summed E-state index contributed by atoms with van der Waals surface area (Å²) in [5, 5.41) is 0. The molecule has 2 rings (SSSR count). The highest BCUT2D eigenvalue weighted by molar-refractivity contribution is 4.91. The van der Waals surface area contributed by atoms with E-state index >= 15 is 0 Å². The Morgan fingerprint density at radius 2 is 1.45 bits per heavy atom. The zero-order chi connectivity index (χ0) is 15.6. The van der Waals surface area contributed by atoms with Crippen molar-refractivity contribution in [2.24, 2.45) is 17.8 Å². The van der Waals surface area contributed by atoms with Crippen molar-refractivity contribution in [3.8, 4) is 0 Å². The Morgan fingerprint density at radius 3 is 2.00 bits per heavy atom. The van der Waals surface area contributed by atoms with Crippen molar-refractivity contribution in [3.63, 3.8) is 0 Å². The third-order valence-electron chi connectivity index (χ3n) is 6.13. The number of rotatable bonds is 8. The lowest BCUT2D eigenvalue weighted by Crippen LogP contribution is -2.21. The van der Waals surface area contributed by atoms with Crippen LogP contribution < -0.4 is 0 Å². The van der Waals surface area contributed by atoms with E-state index in [0.717, 1.165) is 17.8 Å². The average Bonchev–Trinajstić information content (AvgIpc) is 2.58. The largest absolute Gasteiger partial charge is 0.381 e. The predicted molar refractivity (Wildman–Crippen MR) is 96.1 cm³/mol. The van der Waals surface area contributed by atoms with Gasteiger partial charge in [-0.3, -0.25) is 0 Å². The topological polar surface area (TPSA) is 9.23 Å². The van der Waals surface area contributed by atoms with Crippen LogP contribution in [0.4, 0.5) is 0 Å². The Kier molecular flexibility index (Phi) is 8.59. The minimum atomic E-state index is 0.561. The zero-order valence-electron chi connectivity index (χ0n) is 15.1. The molecule has 0 amide bonds. The molecular weight excluding hydrogens is 268 g/mol. The monoisotopic (exact) mass is 306 g/mol. The number of ether oxygens (including phenoxy) is 1. The van der Waals surface area contributed by atoms with Crippen molar-refractivity contribution < 1.29 is 4.74 Å². The first-order valence-electron chi connectivity index (χ1n) is 10.0. The fourth-order valence-corrected chi connectivity index (χ4v) is 4.41.